The predicted molar refractivity (Wildman–Crippen MR) is 134 cm³/mol. The molecule has 1 aliphatic carbocycles. The van der Waals surface area contributed by atoms with Gasteiger partial charge in [-0.15, -0.1) is 16.8 Å². The molecule has 0 bridgehead atoms. The van der Waals surface area contributed by atoms with Crippen LogP contribution < -0.4 is 10.1 Å². The van der Waals surface area contributed by atoms with Crippen molar-refractivity contribution < 1.29 is 9.53 Å². The summed E-state index contributed by atoms with van der Waals surface area (Å²) in [5.41, 5.74) is 1.10. The van der Waals surface area contributed by atoms with Gasteiger partial charge in [0.15, 0.2) is 11.0 Å². The molecule has 1 aliphatic rings. The van der Waals surface area contributed by atoms with Crippen LogP contribution in [0.5, 0.6) is 5.75 Å². The van der Waals surface area contributed by atoms with Gasteiger partial charge in [0.05, 0.1) is 5.75 Å². The van der Waals surface area contributed by atoms with E-state index < -0.39 is 0 Å². The number of aryl methyl sites for hydroxylation is 1. The minimum atomic E-state index is 0.0523. The lowest BCUT2D eigenvalue weighted by Gasteiger charge is -2.29. The van der Waals surface area contributed by atoms with Gasteiger partial charge in [0.1, 0.15) is 12.4 Å². The number of allylic oxidation sites excluding steroid dienone is 1. The van der Waals surface area contributed by atoms with Gasteiger partial charge < -0.3 is 10.1 Å². The summed E-state index contributed by atoms with van der Waals surface area (Å²) in [4.78, 5) is 12.5. The van der Waals surface area contributed by atoms with Gasteiger partial charge in [0.2, 0.25) is 5.91 Å². The van der Waals surface area contributed by atoms with E-state index in [-0.39, 0.29) is 11.9 Å². The Morgan fingerprint density at radius 3 is 2.88 bits per heavy atom. The molecule has 0 aliphatic heterocycles. The highest BCUT2D eigenvalue weighted by Gasteiger charge is 2.23. The predicted octanol–water partition coefficient (Wildman–Crippen LogP) is 5.29. The molecule has 6 nitrogen and oxygen atoms in total. The summed E-state index contributed by atoms with van der Waals surface area (Å²) in [5.74, 6) is 2.46. The lowest BCUT2D eigenvalue weighted by atomic mass is 9.86. The van der Waals surface area contributed by atoms with Crippen LogP contribution in [0.3, 0.4) is 0 Å². The number of nitrogens with zero attached hydrogens (tertiary/aromatic N) is 3. The third-order valence-electron chi connectivity index (χ3n) is 6.40. The number of rotatable bonds is 9. The Morgan fingerprint density at radius 1 is 1.24 bits per heavy atom. The highest BCUT2D eigenvalue weighted by Crippen LogP contribution is 2.28. The van der Waals surface area contributed by atoms with Gasteiger partial charge in [0.25, 0.3) is 0 Å². The molecular formula is C26H32N4O2S. The van der Waals surface area contributed by atoms with E-state index in [1.165, 1.54) is 41.8 Å². The maximum Gasteiger partial charge on any atom is 0.230 e. The fourth-order valence-electron chi connectivity index (χ4n) is 4.46. The number of aromatic nitrogens is 3. The van der Waals surface area contributed by atoms with Crippen molar-refractivity contribution in [1.82, 2.24) is 20.1 Å². The SMILES string of the molecule is C=CCn1c(COc2ccc3ccccc3c2C)nnc1SCC(=O)N[C@@H]1CCCC[C@@H]1C. The first-order valence-corrected chi connectivity index (χ1v) is 12.6. The molecule has 0 radical (unpaired) electrons. The van der Waals surface area contributed by atoms with Crippen molar-refractivity contribution in [2.75, 3.05) is 5.75 Å². The summed E-state index contributed by atoms with van der Waals surface area (Å²) < 4.78 is 8.09. The van der Waals surface area contributed by atoms with E-state index in [0.717, 1.165) is 17.7 Å². The van der Waals surface area contributed by atoms with E-state index in [4.69, 9.17) is 4.74 Å². The summed E-state index contributed by atoms with van der Waals surface area (Å²) >= 11 is 1.41. The van der Waals surface area contributed by atoms with E-state index >= 15 is 0 Å². The molecule has 3 aromatic rings. The Morgan fingerprint density at radius 2 is 2.06 bits per heavy atom. The number of carbonyl (C=O) groups is 1. The molecule has 7 heteroatoms. The molecule has 0 spiro atoms. The largest absolute Gasteiger partial charge is 0.485 e. The summed E-state index contributed by atoms with van der Waals surface area (Å²) in [6.45, 7) is 9.01. The third-order valence-corrected chi connectivity index (χ3v) is 7.37. The van der Waals surface area contributed by atoms with E-state index in [2.05, 4.69) is 54.1 Å². The summed E-state index contributed by atoms with van der Waals surface area (Å²) in [7, 11) is 0. The second-order valence-electron chi connectivity index (χ2n) is 8.72. The zero-order valence-corrected chi connectivity index (χ0v) is 20.2. The van der Waals surface area contributed by atoms with Crippen LogP contribution in [-0.4, -0.2) is 32.5 Å². The summed E-state index contributed by atoms with van der Waals surface area (Å²) in [6.07, 6.45) is 6.51. The molecule has 1 saturated carbocycles. The smallest absolute Gasteiger partial charge is 0.230 e. The first kappa shape index (κ1) is 23.4. The first-order chi connectivity index (χ1) is 16.1. The van der Waals surface area contributed by atoms with Crippen molar-refractivity contribution in [1.29, 1.82) is 0 Å². The number of carbonyl (C=O) groups excluding carboxylic acids is 1. The van der Waals surface area contributed by atoms with E-state index in [1.807, 2.05) is 28.8 Å². The summed E-state index contributed by atoms with van der Waals surface area (Å²) in [5, 5.41) is 14.9. The number of ether oxygens (including phenoxy) is 1. The number of benzene rings is 2. The Balaban J connectivity index is 1.40. The second kappa shape index (κ2) is 10.9. The van der Waals surface area contributed by atoms with Gasteiger partial charge in [-0.3, -0.25) is 9.36 Å². The fourth-order valence-corrected chi connectivity index (χ4v) is 5.24. The molecule has 1 N–H and O–H groups in total. The van der Waals surface area contributed by atoms with Gasteiger partial charge in [-0.05, 0) is 48.1 Å². The Labute approximate surface area is 199 Å². The van der Waals surface area contributed by atoms with Crippen molar-refractivity contribution in [2.24, 2.45) is 5.92 Å². The quantitative estimate of drug-likeness (QED) is 0.344. The molecule has 1 heterocycles. The van der Waals surface area contributed by atoms with Crippen LogP contribution in [0.25, 0.3) is 10.8 Å². The maximum atomic E-state index is 12.5. The first-order valence-electron chi connectivity index (χ1n) is 11.6. The second-order valence-corrected chi connectivity index (χ2v) is 9.66. The molecule has 0 unspecified atom stereocenters. The number of nitrogens with one attached hydrogen (secondary N) is 1. The number of hydrogen-bond donors (Lipinski definition) is 1. The van der Waals surface area contributed by atoms with E-state index in [1.54, 1.807) is 0 Å². The molecule has 33 heavy (non-hydrogen) atoms. The monoisotopic (exact) mass is 464 g/mol. The van der Waals surface area contributed by atoms with Crippen LogP contribution in [-0.2, 0) is 17.9 Å². The maximum absolute atomic E-state index is 12.5. The normalized spacial score (nSPS) is 18.2. The van der Waals surface area contributed by atoms with Crippen molar-refractivity contribution in [3.05, 3.63) is 60.4 Å². The van der Waals surface area contributed by atoms with Crippen molar-refractivity contribution in [3.63, 3.8) is 0 Å². The molecule has 2 aromatic carbocycles. The number of thioether (sulfide) groups is 1. The van der Waals surface area contributed by atoms with Gasteiger partial charge in [-0.2, -0.15) is 0 Å². The number of fused-ring (bicyclic) bond motifs is 1. The number of hydrogen-bond acceptors (Lipinski definition) is 5. The van der Waals surface area contributed by atoms with Crippen LogP contribution in [0, 0.1) is 12.8 Å². The standard InChI is InChI=1S/C26H32N4O2S/c1-4-15-30-24(16-32-23-14-13-20-10-6-7-11-21(20)19(23)3)28-29-26(30)33-17-25(31)27-22-12-8-5-9-18(22)2/h4,6-7,10-11,13-14,18,22H,1,5,8-9,12,15-17H2,2-3H3,(H,27,31)/t18-,22+/m0/s1. The summed E-state index contributed by atoms with van der Waals surface area (Å²) in [6, 6.07) is 12.6. The molecule has 1 aromatic heterocycles. The number of amides is 1. The molecule has 1 fully saturated rings. The molecule has 0 saturated heterocycles. The Kier molecular flexibility index (Phi) is 7.70. The van der Waals surface area contributed by atoms with Crippen molar-refractivity contribution in [3.8, 4) is 5.75 Å². The zero-order chi connectivity index (χ0) is 23.2. The van der Waals surface area contributed by atoms with E-state index in [0.29, 0.717) is 35.8 Å². The van der Waals surface area contributed by atoms with Gasteiger partial charge >= 0.3 is 0 Å². The lowest BCUT2D eigenvalue weighted by Crippen LogP contribution is -2.41. The molecular weight excluding hydrogens is 432 g/mol. The Bertz CT molecular complexity index is 1130. The van der Waals surface area contributed by atoms with Crippen LogP contribution in [0.15, 0.2) is 54.2 Å². The van der Waals surface area contributed by atoms with Crippen LogP contribution in [0.4, 0.5) is 0 Å². The molecule has 4 rings (SSSR count). The van der Waals surface area contributed by atoms with E-state index in [9.17, 15) is 4.79 Å². The molecule has 174 valence electrons. The Hall–Kier alpha value is -2.80. The molecule has 2 atom stereocenters. The minimum Gasteiger partial charge on any atom is -0.485 e. The third kappa shape index (κ3) is 5.58. The highest BCUT2D eigenvalue weighted by molar-refractivity contribution is 7.99. The average molecular weight is 465 g/mol. The van der Waals surface area contributed by atoms with Gasteiger partial charge in [-0.25, -0.2) is 0 Å². The minimum absolute atomic E-state index is 0.0523. The van der Waals surface area contributed by atoms with Crippen LogP contribution in [0.2, 0.25) is 0 Å². The zero-order valence-electron chi connectivity index (χ0n) is 19.4. The fraction of sp³-hybridized carbons (Fsp3) is 0.423. The van der Waals surface area contributed by atoms with Crippen LogP contribution >= 0.6 is 11.8 Å². The van der Waals surface area contributed by atoms with Crippen LogP contribution in [0.1, 0.15) is 44.0 Å². The van der Waals surface area contributed by atoms with Crippen molar-refractivity contribution in [2.45, 2.75) is 63.9 Å². The van der Waals surface area contributed by atoms with Gasteiger partial charge in [-0.1, -0.05) is 67.9 Å². The molecule has 1 amide bonds. The highest BCUT2D eigenvalue weighted by atomic mass is 32.2. The van der Waals surface area contributed by atoms with Gasteiger partial charge in [0, 0.05) is 12.6 Å². The van der Waals surface area contributed by atoms with Crippen molar-refractivity contribution >= 4 is 28.4 Å². The topological polar surface area (TPSA) is 69.0 Å². The average Bonchev–Trinajstić information content (AvgIpc) is 3.21. The lowest BCUT2D eigenvalue weighted by molar-refractivity contribution is -0.119.